The Kier molecular flexibility index (Phi) is 3.83. The van der Waals surface area contributed by atoms with Gasteiger partial charge in [0.25, 0.3) is 5.56 Å². The van der Waals surface area contributed by atoms with Gasteiger partial charge in [-0.1, -0.05) is 41.7 Å². The van der Waals surface area contributed by atoms with Crippen LogP contribution in [0.2, 0.25) is 0 Å². The number of nitrogens with zero attached hydrogens (tertiary/aromatic N) is 2. The first-order chi connectivity index (χ1) is 11.0. The molecule has 3 rings (SSSR count). The van der Waals surface area contributed by atoms with Gasteiger partial charge in [0, 0.05) is 6.07 Å². The van der Waals surface area contributed by atoms with E-state index in [0.29, 0.717) is 16.3 Å². The molecule has 0 spiro atoms. The molecule has 5 nitrogen and oxygen atoms in total. The second-order valence-electron chi connectivity index (χ2n) is 5.15. The van der Waals surface area contributed by atoms with Crippen LogP contribution in [0.5, 0.6) is 0 Å². The van der Waals surface area contributed by atoms with Gasteiger partial charge in [0.15, 0.2) is 4.96 Å². The van der Waals surface area contributed by atoms with Crippen molar-refractivity contribution < 1.29 is 9.90 Å². The molecule has 116 valence electrons. The third-order valence-electron chi connectivity index (χ3n) is 3.58. The molecular weight excluding hydrogens is 312 g/mol. The highest BCUT2D eigenvalue weighted by Gasteiger charge is 2.16. The Hall–Kier alpha value is -2.73. The standard InChI is InChI=1S/C17H14N2O3S/c1-10-5-3-4-6-12(10)7-8-13-9-14(20)19-11(2)15(16(21)22)23-17(19)18-13/h3-9H,1-2H3,(H,21,22). The Balaban J connectivity index is 2.08. The van der Waals surface area contributed by atoms with E-state index in [1.54, 1.807) is 13.0 Å². The minimum Gasteiger partial charge on any atom is -0.477 e. The summed E-state index contributed by atoms with van der Waals surface area (Å²) in [5.41, 5.74) is 2.81. The third kappa shape index (κ3) is 2.80. The van der Waals surface area contributed by atoms with Crippen LogP contribution >= 0.6 is 11.3 Å². The van der Waals surface area contributed by atoms with Gasteiger partial charge in [-0.15, -0.1) is 0 Å². The van der Waals surface area contributed by atoms with E-state index >= 15 is 0 Å². The zero-order chi connectivity index (χ0) is 16.6. The van der Waals surface area contributed by atoms with Crippen LogP contribution in [0.3, 0.4) is 0 Å². The van der Waals surface area contributed by atoms with Crippen LogP contribution in [-0.2, 0) is 0 Å². The van der Waals surface area contributed by atoms with Crippen LogP contribution in [-0.4, -0.2) is 20.5 Å². The van der Waals surface area contributed by atoms with Crippen molar-refractivity contribution in [1.29, 1.82) is 0 Å². The second-order valence-corrected chi connectivity index (χ2v) is 6.13. The predicted octanol–water partition coefficient (Wildman–Crippen LogP) is 3.24. The summed E-state index contributed by atoms with van der Waals surface area (Å²) in [4.78, 5) is 28.3. The van der Waals surface area contributed by atoms with Crippen molar-refractivity contribution in [1.82, 2.24) is 9.38 Å². The van der Waals surface area contributed by atoms with Crippen molar-refractivity contribution >= 4 is 34.4 Å². The Labute approximate surface area is 136 Å². The molecule has 0 amide bonds. The highest BCUT2D eigenvalue weighted by Crippen LogP contribution is 2.20. The number of benzene rings is 1. The van der Waals surface area contributed by atoms with Gasteiger partial charge in [0.2, 0.25) is 0 Å². The lowest BCUT2D eigenvalue weighted by Gasteiger charge is -1.99. The average Bonchev–Trinajstić information content (AvgIpc) is 2.84. The maximum absolute atomic E-state index is 12.2. The zero-order valence-electron chi connectivity index (χ0n) is 12.6. The van der Waals surface area contributed by atoms with E-state index < -0.39 is 5.97 Å². The topological polar surface area (TPSA) is 71.7 Å². The smallest absolute Gasteiger partial charge is 0.347 e. The predicted molar refractivity (Wildman–Crippen MR) is 91.1 cm³/mol. The SMILES string of the molecule is Cc1ccccc1C=Cc1cc(=O)n2c(C)c(C(=O)O)sc2n1. The van der Waals surface area contributed by atoms with Crippen molar-refractivity contribution in [2.75, 3.05) is 0 Å². The van der Waals surface area contributed by atoms with Crippen molar-refractivity contribution in [2.45, 2.75) is 13.8 Å². The lowest BCUT2D eigenvalue weighted by molar-refractivity contribution is 0.0701. The lowest BCUT2D eigenvalue weighted by atomic mass is 10.1. The Morgan fingerprint density at radius 1 is 1.26 bits per heavy atom. The number of rotatable bonds is 3. The molecule has 6 heteroatoms. The number of hydrogen-bond donors (Lipinski definition) is 1. The van der Waals surface area contributed by atoms with E-state index in [-0.39, 0.29) is 10.4 Å². The van der Waals surface area contributed by atoms with Gasteiger partial charge in [-0.05, 0) is 31.1 Å². The van der Waals surface area contributed by atoms with Crippen molar-refractivity contribution in [3.63, 3.8) is 0 Å². The summed E-state index contributed by atoms with van der Waals surface area (Å²) < 4.78 is 1.33. The number of fused-ring (bicyclic) bond motifs is 1. The fraction of sp³-hybridized carbons (Fsp3) is 0.118. The molecule has 0 saturated carbocycles. The number of hydrogen-bond acceptors (Lipinski definition) is 4. The summed E-state index contributed by atoms with van der Waals surface area (Å²) >= 11 is 1.00. The lowest BCUT2D eigenvalue weighted by Crippen LogP contribution is -2.14. The van der Waals surface area contributed by atoms with Crippen LogP contribution in [0, 0.1) is 13.8 Å². The average molecular weight is 326 g/mol. The van der Waals surface area contributed by atoms with Gasteiger partial charge in [-0.3, -0.25) is 9.20 Å². The van der Waals surface area contributed by atoms with E-state index in [9.17, 15) is 9.59 Å². The highest BCUT2D eigenvalue weighted by molar-refractivity contribution is 7.18. The number of aromatic nitrogens is 2. The fourth-order valence-electron chi connectivity index (χ4n) is 2.35. The van der Waals surface area contributed by atoms with Gasteiger partial charge in [-0.2, -0.15) is 0 Å². The summed E-state index contributed by atoms with van der Waals surface area (Å²) in [6.45, 7) is 3.62. The normalized spacial score (nSPS) is 11.4. The van der Waals surface area contributed by atoms with Crippen LogP contribution in [0.15, 0.2) is 35.1 Å². The van der Waals surface area contributed by atoms with Crippen molar-refractivity contribution in [3.8, 4) is 0 Å². The van der Waals surface area contributed by atoms with E-state index in [1.807, 2.05) is 37.3 Å². The molecule has 0 aliphatic carbocycles. The van der Waals surface area contributed by atoms with E-state index in [1.165, 1.54) is 10.5 Å². The number of carboxylic acid groups (broad SMARTS) is 1. The Morgan fingerprint density at radius 2 is 2.00 bits per heavy atom. The molecule has 0 aliphatic heterocycles. The molecule has 0 saturated heterocycles. The zero-order valence-corrected chi connectivity index (χ0v) is 13.4. The van der Waals surface area contributed by atoms with E-state index in [2.05, 4.69) is 4.98 Å². The van der Waals surface area contributed by atoms with Crippen LogP contribution in [0.4, 0.5) is 0 Å². The summed E-state index contributed by atoms with van der Waals surface area (Å²) in [7, 11) is 0. The number of thiazole rings is 1. The molecule has 0 unspecified atom stereocenters. The van der Waals surface area contributed by atoms with Gasteiger partial charge >= 0.3 is 5.97 Å². The van der Waals surface area contributed by atoms with Gasteiger partial charge in [0.05, 0.1) is 11.4 Å². The van der Waals surface area contributed by atoms with Crippen LogP contribution < -0.4 is 5.56 Å². The second kappa shape index (κ2) is 5.81. The number of carbonyl (C=O) groups is 1. The molecule has 0 atom stereocenters. The molecule has 2 heterocycles. The number of carboxylic acids is 1. The van der Waals surface area contributed by atoms with E-state index in [0.717, 1.165) is 22.5 Å². The maximum atomic E-state index is 12.2. The summed E-state index contributed by atoms with van der Waals surface area (Å²) in [5, 5.41) is 9.16. The van der Waals surface area contributed by atoms with E-state index in [4.69, 9.17) is 5.11 Å². The fourth-order valence-corrected chi connectivity index (χ4v) is 3.33. The van der Waals surface area contributed by atoms with Gasteiger partial charge in [0.1, 0.15) is 4.88 Å². The summed E-state index contributed by atoms with van der Waals surface area (Å²) in [6, 6.07) is 9.31. The first-order valence-corrected chi connectivity index (χ1v) is 7.79. The Morgan fingerprint density at radius 3 is 2.70 bits per heavy atom. The monoisotopic (exact) mass is 326 g/mol. The summed E-state index contributed by atoms with van der Waals surface area (Å²) in [6.07, 6.45) is 3.66. The maximum Gasteiger partial charge on any atom is 0.347 e. The third-order valence-corrected chi connectivity index (χ3v) is 4.71. The molecular formula is C17H14N2O3S. The van der Waals surface area contributed by atoms with Crippen LogP contribution in [0.25, 0.3) is 17.1 Å². The summed E-state index contributed by atoms with van der Waals surface area (Å²) in [5.74, 6) is -1.05. The van der Waals surface area contributed by atoms with Gasteiger partial charge in [-0.25, -0.2) is 9.78 Å². The quantitative estimate of drug-likeness (QED) is 0.802. The van der Waals surface area contributed by atoms with Crippen LogP contribution in [0.1, 0.15) is 32.2 Å². The van der Waals surface area contributed by atoms with Crippen molar-refractivity contribution in [3.05, 3.63) is 68.1 Å². The molecule has 2 aromatic heterocycles. The minimum atomic E-state index is -1.05. The number of aromatic carboxylic acids is 1. The largest absolute Gasteiger partial charge is 0.477 e. The molecule has 0 bridgehead atoms. The molecule has 0 aliphatic rings. The minimum absolute atomic E-state index is 0.134. The number of aryl methyl sites for hydroxylation is 2. The molecule has 1 N–H and O–H groups in total. The molecule has 23 heavy (non-hydrogen) atoms. The van der Waals surface area contributed by atoms with Crippen molar-refractivity contribution in [2.24, 2.45) is 0 Å². The molecule has 1 aromatic carbocycles. The first kappa shape index (κ1) is 15.2. The molecule has 0 radical (unpaired) electrons. The molecule has 3 aromatic rings. The molecule has 0 fully saturated rings. The Bertz CT molecular complexity index is 999. The van der Waals surface area contributed by atoms with Gasteiger partial charge < -0.3 is 5.11 Å². The highest BCUT2D eigenvalue weighted by atomic mass is 32.1. The first-order valence-electron chi connectivity index (χ1n) is 6.97.